The standard InChI is InChI=1S/C16H18FN3O2/c1-11-5-4-8-18-14(11)9-19-16(22)20-10-15(21)12-6-2-3-7-13(12)17/h2-8,15,21H,9-10H2,1H3,(H2,19,20,22). The molecule has 1 aromatic carbocycles. The summed E-state index contributed by atoms with van der Waals surface area (Å²) in [4.78, 5) is 15.9. The topological polar surface area (TPSA) is 74.2 Å². The number of amides is 2. The molecular weight excluding hydrogens is 285 g/mol. The molecule has 22 heavy (non-hydrogen) atoms. The lowest BCUT2D eigenvalue weighted by molar-refractivity contribution is 0.169. The fraction of sp³-hybridized carbons (Fsp3) is 0.250. The Balaban J connectivity index is 1.81. The van der Waals surface area contributed by atoms with Gasteiger partial charge in [-0.3, -0.25) is 4.98 Å². The van der Waals surface area contributed by atoms with E-state index in [4.69, 9.17) is 0 Å². The van der Waals surface area contributed by atoms with Gasteiger partial charge in [0, 0.05) is 18.3 Å². The Morgan fingerprint density at radius 2 is 2.05 bits per heavy atom. The van der Waals surface area contributed by atoms with Gasteiger partial charge < -0.3 is 15.7 Å². The second kappa shape index (κ2) is 7.51. The summed E-state index contributed by atoms with van der Waals surface area (Å²) < 4.78 is 13.5. The van der Waals surface area contributed by atoms with Crippen LogP contribution in [0.4, 0.5) is 9.18 Å². The molecule has 2 amide bonds. The van der Waals surface area contributed by atoms with E-state index in [0.717, 1.165) is 11.3 Å². The molecule has 2 aromatic rings. The Morgan fingerprint density at radius 3 is 2.77 bits per heavy atom. The number of aliphatic hydroxyl groups excluding tert-OH is 1. The summed E-state index contributed by atoms with van der Waals surface area (Å²) in [7, 11) is 0. The number of nitrogens with zero attached hydrogens (tertiary/aromatic N) is 1. The largest absolute Gasteiger partial charge is 0.386 e. The SMILES string of the molecule is Cc1cccnc1CNC(=O)NCC(O)c1ccccc1F. The van der Waals surface area contributed by atoms with Crippen molar-refractivity contribution >= 4 is 6.03 Å². The molecule has 6 heteroatoms. The van der Waals surface area contributed by atoms with Crippen LogP contribution in [-0.2, 0) is 6.54 Å². The normalized spacial score (nSPS) is 11.8. The van der Waals surface area contributed by atoms with Crippen LogP contribution in [0, 0.1) is 12.7 Å². The lowest BCUT2D eigenvalue weighted by Gasteiger charge is -2.13. The minimum Gasteiger partial charge on any atom is -0.386 e. The van der Waals surface area contributed by atoms with Crippen molar-refractivity contribution in [3.8, 4) is 0 Å². The zero-order valence-corrected chi connectivity index (χ0v) is 12.2. The van der Waals surface area contributed by atoms with Crippen LogP contribution in [0.25, 0.3) is 0 Å². The molecule has 1 heterocycles. The predicted molar refractivity (Wildman–Crippen MR) is 80.6 cm³/mol. The lowest BCUT2D eigenvalue weighted by atomic mass is 10.1. The molecule has 0 aliphatic rings. The number of hydrogen-bond donors (Lipinski definition) is 3. The summed E-state index contributed by atoms with van der Waals surface area (Å²) in [6, 6.07) is 9.21. The summed E-state index contributed by atoms with van der Waals surface area (Å²) in [6.07, 6.45) is 0.563. The fourth-order valence-electron chi connectivity index (χ4n) is 1.97. The molecule has 0 aliphatic heterocycles. The highest BCUT2D eigenvalue weighted by Crippen LogP contribution is 2.15. The van der Waals surface area contributed by atoms with Crippen LogP contribution in [-0.4, -0.2) is 22.7 Å². The van der Waals surface area contributed by atoms with E-state index in [9.17, 15) is 14.3 Å². The van der Waals surface area contributed by atoms with Crippen molar-refractivity contribution in [1.29, 1.82) is 0 Å². The molecular formula is C16H18FN3O2. The number of benzene rings is 1. The molecule has 1 atom stereocenters. The minimum absolute atomic E-state index is 0.0754. The van der Waals surface area contributed by atoms with E-state index in [2.05, 4.69) is 15.6 Å². The number of halogens is 1. The van der Waals surface area contributed by atoms with E-state index in [0.29, 0.717) is 0 Å². The van der Waals surface area contributed by atoms with E-state index in [1.54, 1.807) is 18.3 Å². The third-order valence-corrected chi connectivity index (χ3v) is 3.25. The Bertz CT molecular complexity index is 649. The van der Waals surface area contributed by atoms with Gasteiger partial charge in [-0.05, 0) is 24.6 Å². The first-order chi connectivity index (χ1) is 10.6. The number of rotatable bonds is 5. The highest BCUT2D eigenvalue weighted by molar-refractivity contribution is 5.73. The number of urea groups is 1. The third-order valence-electron chi connectivity index (χ3n) is 3.25. The molecule has 0 saturated carbocycles. The monoisotopic (exact) mass is 303 g/mol. The van der Waals surface area contributed by atoms with E-state index in [1.165, 1.54) is 12.1 Å². The average molecular weight is 303 g/mol. The van der Waals surface area contributed by atoms with Crippen LogP contribution in [0.5, 0.6) is 0 Å². The molecule has 0 spiro atoms. The van der Waals surface area contributed by atoms with Gasteiger partial charge in [-0.25, -0.2) is 9.18 Å². The summed E-state index contributed by atoms with van der Waals surface area (Å²) in [5.74, 6) is -0.499. The lowest BCUT2D eigenvalue weighted by Crippen LogP contribution is -2.37. The number of aliphatic hydroxyl groups is 1. The molecule has 0 saturated heterocycles. The molecule has 1 aromatic heterocycles. The number of carbonyl (C=O) groups is 1. The average Bonchev–Trinajstić information content (AvgIpc) is 2.52. The third kappa shape index (κ3) is 4.26. The summed E-state index contributed by atoms with van der Waals surface area (Å²) in [5, 5.41) is 15.0. The zero-order chi connectivity index (χ0) is 15.9. The maximum atomic E-state index is 13.5. The van der Waals surface area contributed by atoms with E-state index >= 15 is 0 Å². The van der Waals surface area contributed by atoms with Crippen LogP contribution in [0.3, 0.4) is 0 Å². The van der Waals surface area contributed by atoms with Crippen molar-refractivity contribution in [2.24, 2.45) is 0 Å². The number of aromatic nitrogens is 1. The molecule has 0 bridgehead atoms. The van der Waals surface area contributed by atoms with Gasteiger partial charge in [0.2, 0.25) is 0 Å². The highest BCUT2D eigenvalue weighted by Gasteiger charge is 2.13. The minimum atomic E-state index is -1.09. The Labute approximate surface area is 128 Å². The van der Waals surface area contributed by atoms with Crippen molar-refractivity contribution in [2.75, 3.05) is 6.54 Å². The Morgan fingerprint density at radius 1 is 1.27 bits per heavy atom. The quantitative estimate of drug-likeness (QED) is 0.791. The smallest absolute Gasteiger partial charge is 0.315 e. The predicted octanol–water partition coefficient (Wildman–Crippen LogP) is 2.06. The van der Waals surface area contributed by atoms with Crippen LogP contribution in [0.2, 0.25) is 0 Å². The van der Waals surface area contributed by atoms with E-state index in [-0.39, 0.29) is 18.7 Å². The summed E-state index contributed by atoms with van der Waals surface area (Å²) in [6.45, 7) is 2.12. The molecule has 0 radical (unpaired) electrons. The van der Waals surface area contributed by atoms with Crippen molar-refractivity contribution < 1.29 is 14.3 Å². The van der Waals surface area contributed by atoms with E-state index < -0.39 is 18.0 Å². The van der Waals surface area contributed by atoms with Crippen LogP contribution >= 0.6 is 0 Å². The summed E-state index contributed by atoms with van der Waals surface area (Å²) in [5.41, 5.74) is 1.91. The van der Waals surface area contributed by atoms with Gasteiger partial charge in [0.05, 0.1) is 18.3 Å². The number of hydrogen-bond acceptors (Lipinski definition) is 3. The van der Waals surface area contributed by atoms with E-state index in [1.807, 2.05) is 19.1 Å². The van der Waals surface area contributed by atoms with Gasteiger partial charge in [0.1, 0.15) is 5.82 Å². The number of pyridine rings is 1. The number of aryl methyl sites for hydroxylation is 1. The number of carbonyl (C=O) groups excluding carboxylic acids is 1. The molecule has 0 aliphatic carbocycles. The molecule has 3 N–H and O–H groups in total. The summed E-state index contributed by atoms with van der Waals surface area (Å²) >= 11 is 0. The first-order valence-electron chi connectivity index (χ1n) is 6.92. The van der Waals surface area contributed by atoms with Gasteiger partial charge in [-0.2, -0.15) is 0 Å². The van der Waals surface area contributed by atoms with Crippen molar-refractivity contribution in [1.82, 2.24) is 15.6 Å². The zero-order valence-electron chi connectivity index (χ0n) is 12.2. The van der Waals surface area contributed by atoms with Crippen LogP contribution in [0.15, 0.2) is 42.6 Å². The van der Waals surface area contributed by atoms with Gasteiger partial charge in [0.15, 0.2) is 0 Å². The molecule has 1 unspecified atom stereocenters. The van der Waals surface area contributed by atoms with Gasteiger partial charge in [-0.1, -0.05) is 24.3 Å². The highest BCUT2D eigenvalue weighted by atomic mass is 19.1. The second-order valence-corrected chi connectivity index (χ2v) is 4.87. The molecule has 2 rings (SSSR count). The maximum absolute atomic E-state index is 13.5. The van der Waals surface area contributed by atoms with Gasteiger partial charge >= 0.3 is 6.03 Å². The second-order valence-electron chi connectivity index (χ2n) is 4.87. The number of nitrogens with one attached hydrogen (secondary N) is 2. The molecule has 5 nitrogen and oxygen atoms in total. The van der Waals surface area contributed by atoms with Crippen molar-refractivity contribution in [2.45, 2.75) is 19.6 Å². The van der Waals surface area contributed by atoms with Gasteiger partial charge in [0.25, 0.3) is 0 Å². The first kappa shape index (κ1) is 15.9. The molecule has 116 valence electrons. The maximum Gasteiger partial charge on any atom is 0.315 e. The van der Waals surface area contributed by atoms with Gasteiger partial charge in [-0.15, -0.1) is 0 Å². The van der Waals surface area contributed by atoms with Crippen LogP contribution < -0.4 is 10.6 Å². The fourth-order valence-corrected chi connectivity index (χ4v) is 1.97. The Kier molecular flexibility index (Phi) is 5.43. The van der Waals surface area contributed by atoms with Crippen molar-refractivity contribution in [3.05, 3.63) is 65.2 Å². The molecule has 0 fully saturated rings. The Hall–Kier alpha value is -2.47. The first-order valence-corrected chi connectivity index (χ1v) is 6.92. The van der Waals surface area contributed by atoms with Crippen LogP contribution in [0.1, 0.15) is 22.9 Å². The van der Waals surface area contributed by atoms with Crippen molar-refractivity contribution in [3.63, 3.8) is 0 Å².